The highest BCUT2D eigenvalue weighted by molar-refractivity contribution is 5.31. The molecule has 2 aromatic carbocycles. The lowest BCUT2D eigenvalue weighted by atomic mass is 10.1. The van der Waals surface area contributed by atoms with Crippen molar-refractivity contribution < 1.29 is 9.84 Å². The van der Waals surface area contributed by atoms with Gasteiger partial charge in [-0.25, -0.2) is 0 Å². The van der Waals surface area contributed by atoms with E-state index in [1.165, 1.54) is 5.56 Å². The summed E-state index contributed by atoms with van der Waals surface area (Å²) in [5, 5.41) is 10.0. The van der Waals surface area contributed by atoms with E-state index in [0.29, 0.717) is 11.9 Å². The molecule has 122 valence electrons. The number of hydrogen-bond acceptors (Lipinski definition) is 3. The normalized spacial score (nSPS) is 17.7. The van der Waals surface area contributed by atoms with E-state index >= 15 is 0 Å². The van der Waals surface area contributed by atoms with Gasteiger partial charge in [-0.15, -0.1) is 0 Å². The van der Waals surface area contributed by atoms with Gasteiger partial charge in [-0.2, -0.15) is 0 Å². The molecular formula is C20H25NO2. The summed E-state index contributed by atoms with van der Waals surface area (Å²) < 4.78 is 5.80. The van der Waals surface area contributed by atoms with Crippen molar-refractivity contribution in [2.24, 2.45) is 0 Å². The van der Waals surface area contributed by atoms with Crippen molar-refractivity contribution in [3.8, 4) is 5.75 Å². The lowest BCUT2D eigenvalue weighted by Gasteiger charge is -2.25. The number of benzene rings is 2. The van der Waals surface area contributed by atoms with Gasteiger partial charge in [-0.3, -0.25) is 4.90 Å². The topological polar surface area (TPSA) is 32.7 Å². The molecule has 0 aliphatic carbocycles. The molecule has 1 atom stereocenters. The predicted molar refractivity (Wildman–Crippen MR) is 92.5 cm³/mol. The van der Waals surface area contributed by atoms with Crippen LogP contribution in [-0.4, -0.2) is 35.8 Å². The number of para-hydroxylation sites is 1. The van der Waals surface area contributed by atoms with E-state index in [4.69, 9.17) is 4.74 Å². The number of nitrogens with zero attached hydrogens (tertiary/aromatic N) is 1. The molecule has 23 heavy (non-hydrogen) atoms. The molecule has 0 saturated carbocycles. The van der Waals surface area contributed by atoms with Crippen molar-refractivity contribution in [1.82, 2.24) is 4.90 Å². The van der Waals surface area contributed by atoms with E-state index in [-0.39, 0.29) is 0 Å². The van der Waals surface area contributed by atoms with E-state index in [1.54, 1.807) is 6.07 Å². The summed E-state index contributed by atoms with van der Waals surface area (Å²) in [6, 6.07) is 18.2. The van der Waals surface area contributed by atoms with Gasteiger partial charge in [0.25, 0.3) is 0 Å². The summed E-state index contributed by atoms with van der Waals surface area (Å²) in [5.41, 5.74) is 2.33. The molecule has 1 N–H and O–H groups in total. The average Bonchev–Trinajstić information content (AvgIpc) is 3.09. The minimum atomic E-state index is 0.330. The van der Waals surface area contributed by atoms with Crippen LogP contribution in [0.25, 0.3) is 0 Å². The second-order valence-electron chi connectivity index (χ2n) is 6.23. The van der Waals surface area contributed by atoms with Crippen LogP contribution in [0.5, 0.6) is 5.75 Å². The van der Waals surface area contributed by atoms with Crippen LogP contribution in [0.4, 0.5) is 0 Å². The molecule has 0 radical (unpaired) electrons. The van der Waals surface area contributed by atoms with Gasteiger partial charge < -0.3 is 9.84 Å². The SMILES string of the molecule is Oc1ccccc1CN(CCc1ccccc1)CC1CCCO1. The summed E-state index contributed by atoms with van der Waals surface area (Å²) in [5.74, 6) is 0.379. The van der Waals surface area contributed by atoms with Gasteiger partial charge in [-0.05, 0) is 30.9 Å². The van der Waals surface area contributed by atoms with E-state index in [0.717, 1.165) is 51.1 Å². The van der Waals surface area contributed by atoms with Crippen molar-refractivity contribution in [3.63, 3.8) is 0 Å². The number of aromatic hydroxyl groups is 1. The van der Waals surface area contributed by atoms with Gasteiger partial charge >= 0.3 is 0 Å². The Morgan fingerprint density at radius 3 is 2.57 bits per heavy atom. The van der Waals surface area contributed by atoms with E-state index < -0.39 is 0 Å². The fourth-order valence-electron chi connectivity index (χ4n) is 3.13. The van der Waals surface area contributed by atoms with Crippen LogP contribution in [0.15, 0.2) is 54.6 Å². The molecule has 1 aliphatic rings. The molecule has 0 spiro atoms. The molecule has 0 bridgehead atoms. The maximum Gasteiger partial charge on any atom is 0.120 e. The lowest BCUT2D eigenvalue weighted by molar-refractivity contribution is 0.0707. The summed E-state index contributed by atoms with van der Waals surface area (Å²) in [6.45, 7) is 3.55. The highest BCUT2D eigenvalue weighted by Crippen LogP contribution is 2.20. The van der Waals surface area contributed by atoms with Crippen LogP contribution in [0.1, 0.15) is 24.0 Å². The third kappa shape index (κ3) is 4.81. The molecule has 3 nitrogen and oxygen atoms in total. The molecule has 1 saturated heterocycles. The fraction of sp³-hybridized carbons (Fsp3) is 0.400. The Labute approximate surface area is 138 Å². The van der Waals surface area contributed by atoms with Crippen LogP contribution >= 0.6 is 0 Å². The zero-order valence-corrected chi connectivity index (χ0v) is 13.5. The Morgan fingerprint density at radius 2 is 1.83 bits per heavy atom. The first-order valence-corrected chi connectivity index (χ1v) is 8.46. The Kier molecular flexibility index (Phi) is 5.67. The van der Waals surface area contributed by atoms with E-state index in [2.05, 4.69) is 35.2 Å². The van der Waals surface area contributed by atoms with Crippen molar-refractivity contribution in [2.75, 3.05) is 19.7 Å². The van der Waals surface area contributed by atoms with Gasteiger partial charge in [0.2, 0.25) is 0 Å². The average molecular weight is 311 g/mol. The third-order valence-electron chi connectivity index (χ3n) is 4.43. The first kappa shape index (κ1) is 16.0. The number of ether oxygens (including phenoxy) is 1. The van der Waals surface area contributed by atoms with Crippen LogP contribution in [0.3, 0.4) is 0 Å². The zero-order valence-electron chi connectivity index (χ0n) is 13.5. The van der Waals surface area contributed by atoms with Crippen LogP contribution in [0, 0.1) is 0 Å². The second-order valence-corrected chi connectivity index (χ2v) is 6.23. The molecule has 0 aromatic heterocycles. The Balaban J connectivity index is 1.64. The molecule has 1 fully saturated rings. The van der Waals surface area contributed by atoms with Crippen LogP contribution < -0.4 is 0 Å². The maximum atomic E-state index is 10.0. The van der Waals surface area contributed by atoms with Gasteiger partial charge in [0.05, 0.1) is 6.10 Å². The van der Waals surface area contributed by atoms with Gasteiger partial charge in [-0.1, -0.05) is 48.5 Å². The smallest absolute Gasteiger partial charge is 0.120 e. The standard InChI is InChI=1S/C20H25NO2/c22-20-11-5-4-9-18(20)15-21(16-19-10-6-14-23-19)13-12-17-7-2-1-3-8-17/h1-5,7-9,11,19,22H,6,10,12-16H2. The van der Waals surface area contributed by atoms with Gasteiger partial charge in [0, 0.05) is 31.8 Å². The quantitative estimate of drug-likeness (QED) is 0.848. The van der Waals surface area contributed by atoms with Crippen LogP contribution in [0.2, 0.25) is 0 Å². The number of hydrogen-bond donors (Lipinski definition) is 1. The summed E-state index contributed by atoms with van der Waals surface area (Å²) in [6.07, 6.45) is 3.65. The number of phenolic OH excluding ortho intramolecular Hbond substituents is 1. The molecule has 2 aromatic rings. The highest BCUT2D eigenvalue weighted by atomic mass is 16.5. The highest BCUT2D eigenvalue weighted by Gasteiger charge is 2.20. The number of phenols is 1. The Morgan fingerprint density at radius 1 is 1.04 bits per heavy atom. The summed E-state index contributed by atoms with van der Waals surface area (Å²) in [4.78, 5) is 2.40. The van der Waals surface area contributed by atoms with Crippen molar-refractivity contribution >= 4 is 0 Å². The molecule has 1 heterocycles. The van der Waals surface area contributed by atoms with Crippen molar-refractivity contribution in [1.29, 1.82) is 0 Å². The predicted octanol–water partition coefficient (Wildman–Crippen LogP) is 3.62. The first-order chi connectivity index (χ1) is 11.3. The third-order valence-corrected chi connectivity index (χ3v) is 4.43. The lowest BCUT2D eigenvalue weighted by Crippen LogP contribution is -2.33. The monoisotopic (exact) mass is 311 g/mol. The molecule has 1 aliphatic heterocycles. The summed E-state index contributed by atoms with van der Waals surface area (Å²) in [7, 11) is 0. The Bertz CT molecular complexity index is 594. The molecule has 0 amide bonds. The largest absolute Gasteiger partial charge is 0.508 e. The fourth-order valence-corrected chi connectivity index (χ4v) is 3.13. The minimum Gasteiger partial charge on any atom is -0.508 e. The van der Waals surface area contributed by atoms with Gasteiger partial charge in [0.15, 0.2) is 0 Å². The van der Waals surface area contributed by atoms with Crippen LogP contribution in [-0.2, 0) is 17.7 Å². The molecular weight excluding hydrogens is 286 g/mol. The molecule has 1 unspecified atom stereocenters. The number of rotatable bonds is 7. The first-order valence-electron chi connectivity index (χ1n) is 8.46. The maximum absolute atomic E-state index is 10.0. The van der Waals surface area contributed by atoms with Crippen molar-refractivity contribution in [3.05, 3.63) is 65.7 Å². The Hall–Kier alpha value is -1.84. The molecule has 3 rings (SSSR count). The van der Waals surface area contributed by atoms with Gasteiger partial charge in [0.1, 0.15) is 5.75 Å². The molecule has 3 heteroatoms. The van der Waals surface area contributed by atoms with E-state index in [1.807, 2.05) is 18.2 Å². The van der Waals surface area contributed by atoms with Crippen molar-refractivity contribution in [2.45, 2.75) is 31.9 Å². The second kappa shape index (κ2) is 8.14. The van der Waals surface area contributed by atoms with E-state index in [9.17, 15) is 5.11 Å². The minimum absolute atomic E-state index is 0.330. The zero-order chi connectivity index (χ0) is 15.9. The summed E-state index contributed by atoms with van der Waals surface area (Å²) >= 11 is 0.